The molecule has 1 fully saturated rings. The fraction of sp³-hybridized carbons (Fsp3) is 0.300. The molecule has 2 aromatic rings. The van der Waals surface area contributed by atoms with Gasteiger partial charge in [-0.25, -0.2) is 4.98 Å². The molecular weight excluding hydrogens is 378 g/mol. The summed E-state index contributed by atoms with van der Waals surface area (Å²) >= 11 is 0. The van der Waals surface area contributed by atoms with Crippen LogP contribution in [0.5, 0.6) is 17.4 Å². The number of nitrogens with zero attached hydrogens (tertiary/aromatic N) is 2. The Morgan fingerprint density at radius 2 is 2.03 bits per heavy atom. The molecular formula is C20H21N3O6. The molecule has 0 saturated carbocycles. The van der Waals surface area contributed by atoms with Gasteiger partial charge in [-0.1, -0.05) is 12.1 Å². The van der Waals surface area contributed by atoms with Gasteiger partial charge >= 0.3 is 5.97 Å². The van der Waals surface area contributed by atoms with Crippen LogP contribution in [-0.2, 0) is 19.1 Å². The second kappa shape index (κ2) is 9.54. The summed E-state index contributed by atoms with van der Waals surface area (Å²) in [5.41, 5.74) is 0. The lowest BCUT2D eigenvalue weighted by Gasteiger charge is -2.34. The number of ether oxygens (including phenoxy) is 3. The number of aromatic nitrogens is 1. The number of hydrogen-bond donors (Lipinski definition) is 1. The highest BCUT2D eigenvalue weighted by molar-refractivity contribution is 5.92. The number of carbonyl (C=O) groups is 3. The Balaban J connectivity index is 1.61. The summed E-state index contributed by atoms with van der Waals surface area (Å²) in [6.45, 7) is 0.325. The van der Waals surface area contributed by atoms with Crippen LogP contribution in [0.4, 0.5) is 0 Å². The zero-order valence-corrected chi connectivity index (χ0v) is 15.9. The number of pyridine rings is 1. The molecule has 152 valence electrons. The van der Waals surface area contributed by atoms with Gasteiger partial charge in [-0.15, -0.1) is 0 Å². The van der Waals surface area contributed by atoms with E-state index in [9.17, 15) is 14.4 Å². The second-order valence-electron chi connectivity index (χ2n) is 6.21. The van der Waals surface area contributed by atoms with Crippen LogP contribution < -0.4 is 14.8 Å². The molecule has 0 radical (unpaired) electrons. The fourth-order valence-corrected chi connectivity index (χ4v) is 2.84. The van der Waals surface area contributed by atoms with Crippen LogP contribution in [0.15, 0.2) is 48.7 Å². The molecule has 0 spiro atoms. The summed E-state index contributed by atoms with van der Waals surface area (Å²) in [5, 5.41) is 2.65. The summed E-state index contributed by atoms with van der Waals surface area (Å²) in [4.78, 5) is 41.7. The van der Waals surface area contributed by atoms with Crippen molar-refractivity contribution in [3.05, 3.63) is 48.7 Å². The van der Waals surface area contributed by atoms with Crippen LogP contribution >= 0.6 is 0 Å². The topological polar surface area (TPSA) is 107 Å². The number of benzene rings is 1. The monoisotopic (exact) mass is 399 g/mol. The zero-order valence-electron chi connectivity index (χ0n) is 15.9. The summed E-state index contributed by atoms with van der Waals surface area (Å²) in [7, 11) is 1.23. The van der Waals surface area contributed by atoms with Crippen LogP contribution in [0, 0.1) is 0 Å². The molecule has 0 aliphatic carbocycles. The lowest BCUT2D eigenvalue weighted by Crippen LogP contribution is -2.58. The Labute approximate surface area is 167 Å². The van der Waals surface area contributed by atoms with E-state index in [0.29, 0.717) is 30.5 Å². The van der Waals surface area contributed by atoms with E-state index in [2.05, 4.69) is 15.0 Å². The Bertz CT molecular complexity index is 874. The van der Waals surface area contributed by atoms with Crippen molar-refractivity contribution in [1.82, 2.24) is 15.2 Å². The molecule has 1 aromatic heterocycles. The van der Waals surface area contributed by atoms with Crippen LogP contribution in [-0.4, -0.2) is 60.5 Å². The van der Waals surface area contributed by atoms with Crippen LogP contribution in [0.2, 0.25) is 0 Å². The van der Waals surface area contributed by atoms with Gasteiger partial charge in [0.1, 0.15) is 17.5 Å². The number of methoxy groups -OCH3 is 1. The van der Waals surface area contributed by atoms with Crippen molar-refractivity contribution in [2.75, 3.05) is 26.8 Å². The second-order valence-corrected chi connectivity index (χ2v) is 6.21. The molecule has 1 unspecified atom stereocenters. The van der Waals surface area contributed by atoms with Crippen molar-refractivity contribution in [2.45, 2.75) is 12.5 Å². The maximum atomic E-state index is 12.6. The number of amides is 2. The summed E-state index contributed by atoms with van der Waals surface area (Å²) in [6.07, 6.45) is 1.41. The average molecular weight is 399 g/mol. The summed E-state index contributed by atoms with van der Waals surface area (Å²) in [5.74, 6) is 0.0220. The molecule has 2 amide bonds. The van der Waals surface area contributed by atoms with E-state index in [1.54, 1.807) is 48.7 Å². The Kier molecular flexibility index (Phi) is 6.62. The van der Waals surface area contributed by atoms with E-state index in [0.717, 1.165) is 0 Å². The Morgan fingerprint density at radius 1 is 1.21 bits per heavy atom. The minimum atomic E-state index is -0.911. The zero-order chi connectivity index (χ0) is 20.6. The van der Waals surface area contributed by atoms with Gasteiger partial charge in [-0.2, -0.15) is 0 Å². The lowest BCUT2D eigenvalue weighted by molar-refractivity contribution is -0.151. The molecule has 1 saturated heterocycles. The number of nitrogens with one attached hydrogen (secondary N) is 1. The predicted octanol–water partition coefficient (Wildman–Crippen LogP) is 1.14. The fourth-order valence-electron chi connectivity index (χ4n) is 2.84. The van der Waals surface area contributed by atoms with Crippen molar-refractivity contribution < 1.29 is 28.6 Å². The normalized spacial score (nSPS) is 16.0. The first-order valence-electron chi connectivity index (χ1n) is 9.02. The molecule has 1 aromatic carbocycles. The third-order valence-corrected chi connectivity index (χ3v) is 4.27. The molecule has 9 heteroatoms. The minimum absolute atomic E-state index is 0.207. The van der Waals surface area contributed by atoms with Gasteiger partial charge in [0.2, 0.25) is 11.8 Å². The van der Waals surface area contributed by atoms with Gasteiger partial charge in [0.15, 0.2) is 6.61 Å². The van der Waals surface area contributed by atoms with Gasteiger partial charge < -0.3 is 24.4 Å². The van der Waals surface area contributed by atoms with E-state index < -0.39 is 17.9 Å². The molecule has 1 aliphatic rings. The van der Waals surface area contributed by atoms with Crippen LogP contribution in [0.1, 0.15) is 6.42 Å². The number of rotatable bonds is 7. The Morgan fingerprint density at radius 3 is 2.79 bits per heavy atom. The molecule has 0 bridgehead atoms. The van der Waals surface area contributed by atoms with Crippen molar-refractivity contribution in [1.29, 1.82) is 0 Å². The van der Waals surface area contributed by atoms with Crippen LogP contribution in [0.25, 0.3) is 0 Å². The first-order chi connectivity index (χ1) is 14.1. The van der Waals surface area contributed by atoms with Gasteiger partial charge in [-0.3, -0.25) is 14.4 Å². The summed E-state index contributed by atoms with van der Waals surface area (Å²) in [6, 6.07) is 11.2. The first kappa shape index (κ1) is 20.1. The van der Waals surface area contributed by atoms with E-state index in [1.807, 2.05) is 0 Å². The third kappa shape index (κ3) is 5.44. The van der Waals surface area contributed by atoms with E-state index in [-0.39, 0.29) is 18.9 Å². The SMILES string of the molecule is COC(=O)CC1C(=O)NCCN1C(=O)COc1cccc(Oc2ccccn2)c1. The maximum Gasteiger partial charge on any atom is 0.308 e. The largest absolute Gasteiger partial charge is 0.484 e. The molecule has 2 heterocycles. The van der Waals surface area contributed by atoms with Gasteiger partial charge in [-0.05, 0) is 18.2 Å². The number of esters is 1. The van der Waals surface area contributed by atoms with E-state index >= 15 is 0 Å². The van der Waals surface area contributed by atoms with Crippen molar-refractivity contribution in [2.24, 2.45) is 0 Å². The maximum absolute atomic E-state index is 12.6. The Hall–Kier alpha value is -3.62. The number of hydrogen-bond acceptors (Lipinski definition) is 7. The van der Waals surface area contributed by atoms with Crippen molar-refractivity contribution in [3.63, 3.8) is 0 Å². The lowest BCUT2D eigenvalue weighted by atomic mass is 10.1. The first-order valence-corrected chi connectivity index (χ1v) is 9.02. The standard InChI is InChI=1S/C20H21N3O6/c1-27-19(25)12-16-20(26)22-9-10-23(16)18(24)13-28-14-5-4-6-15(11-14)29-17-7-2-3-8-21-17/h2-8,11,16H,9-10,12-13H2,1H3,(H,22,26). The predicted molar refractivity (Wildman–Crippen MR) is 101 cm³/mol. The van der Waals surface area contributed by atoms with Crippen molar-refractivity contribution >= 4 is 17.8 Å². The number of piperazine rings is 1. The van der Waals surface area contributed by atoms with Crippen LogP contribution in [0.3, 0.4) is 0 Å². The van der Waals surface area contributed by atoms with Gasteiger partial charge in [0.05, 0.1) is 13.5 Å². The van der Waals surface area contributed by atoms with Gasteiger partial charge in [0, 0.05) is 31.4 Å². The van der Waals surface area contributed by atoms with E-state index in [4.69, 9.17) is 9.47 Å². The highest BCUT2D eigenvalue weighted by atomic mass is 16.5. The van der Waals surface area contributed by atoms with Crippen molar-refractivity contribution in [3.8, 4) is 17.4 Å². The highest BCUT2D eigenvalue weighted by Crippen LogP contribution is 2.24. The average Bonchev–Trinajstić information content (AvgIpc) is 2.74. The van der Waals surface area contributed by atoms with Gasteiger partial charge in [0.25, 0.3) is 5.91 Å². The summed E-state index contributed by atoms with van der Waals surface area (Å²) < 4.78 is 15.8. The minimum Gasteiger partial charge on any atom is -0.484 e. The molecule has 1 atom stereocenters. The molecule has 9 nitrogen and oxygen atoms in total. The van der Waals surface area contributed by atoms with E-state index in [1.165, 1.54) is 12.0 Å². The molecule has 3 rings (SSSR count). The molecule has 29 heavy (non-hydrogen) atoms. The third-order valence-electron chi connectivity index (χ3n) is 4.27. The number of carbonyl (C=O) groups excluding carboxylic acids is 3. The smallest absolute Gasteiger partial charge is 0.308 e. The molecule has 1 N–H and O–H groups in total. The quantitative estimate of drug-likeness (QED) is 0.696. The molecule has 1 aliphatic heterocycles. The highest BCUT2D eigenvalue weighted by Gasteiger charge is 2.35.